The minimum absolute atomic E-state index is 0.0258. The van der Waals surface area contributed by atoms with Crippen molar-refractivity contribution in [2.45, 2.75) is 26.2 Å². The topological polar surface area (TPSA) is 58.6 Å². The van der Waals surface area contributed by atoms with E-state index in [0.717, 1.165) is 5.69 Å². The van der Waals surface area contributed by atoms with Crippen LogP contribution in [0.5, 0.6) is 0 Å². The first-order valence-electron chi connectivity index (χ1n) is 6.76. The minimum atomic E-state index is -0.356. The van der Waals surface area contributed by atoms with Gasteiger partial charge >= 0.3 is 0 Å². The van der Waals surface area contributed by atoms with Crippen molar-refractivity contribution in [3.63, 3.8) is 0 Å². The normalized spacial score (nSPS) is 18.7. The zero-order valence-corrected chi connectivity index (χ0v) is 12.1. The van der Waals surface area contributed by atoms with Crippen molar-refractivity contribution < 1.29 is 14.4 Å². The molecule has 20 heavy (non-hydrogen) atoms. The molecule has 0 aromatic heterocycles. The van der Waals surface area contributed by atoms with Gasteiger partial charge in [0.25, 0.3) is 0 Å². The number of anilines is 1. The van der Waals surface area contributed by atoms with Crippen LogP contribution in [0.25, 0.3) is 0 Å². The molecule has 5 nitrogen and oxygen atoms in total. The van der Waals surface area contributed by atoms with Crippen molar-refractivity contribution in [1.82, 2.24) is 5.48 Å². The van der Waals surface area contributed by atoms with E-state index in [4.69, 9.17) is 0 Å². The Labute approximate surface area is 118 Å². The molecule has 1 atom stereocenters. The molecule has 1 aromatic carbocycles. The number of nitrogens with one attached hydrogen (secondary N) is 1. The molecule has 0 bridgehead atoms. The third-order valence-electron chi connectivity index (χ3n) is 3.55. The Bertz CT molecular complexity index is 514. The summed E-state index contributed by atoms with van der Waals surface area (Å²) in [5.41, 5.74) is 4.33. The highest BCUT2D eigenvalue weighted by Gasteiger charge is 2.35. The van der Waals surface area contributed by atoms with E-state index in [1.165, 1.54) is 12.7 Å². The number of hydroxylamine groups is 1. The Morgan fingerprint density at radius 3 is 2.85 bits per heavy atom. The van der Waals surface area contributed by atoms with Crippen LogP contribution in [0.1, 0.15) is 31.7 Å². The van der Waals surface area contributed by atoms with Gasteiger partial charge in [0.05, 0.1) is 13.0 Å². The van der Waals surface area contributed by atoms with E-state index in [0.29, 0.717) is 12.5 Å². The van der Waals surface area contributed by atoms with E-state index in [-0.39, 0.29) is 24.2 Å². The lowest BCUT2D eigenvalue weighted by Gasteiger charge is -2.18. The Kier molecular flexibility index (Phi) is 4.39. The lowest BCUT2D eigenvalue weighted by Crippen LogP contribution is -2.32. The summed E-state index contributed by atoms with van der Waals surface area (Å²) in [6, 6.07) is 7.91. The molecule has 0 radical (unpaired) electrons. The fraction of sp³-hybridized carbons (Fsp3) is 0.467. The molecular formula is C15H20N2O3. The summed E-state index contributed by atoms with van der Waals surface area (Å²) in [6.07, 6.45) is 0.223. The van der Waals surface area contributed by atoms with Crippen molar-refractivity contribution in [3.05, 3.63) is 29.8 Å². The maximum atomic E-state index is 12.1. The Hall–Kier alpha value is -1.88. The van der Waals surface area contributed by atoms with Crippen molar-refractivity contribution in [1.29, 1.82) is 0 Å². The number of amides is 2. The first kappa shape index (κ1) is 14.5. The molecule has 1 fully saturated rings. The average Bonchev–Trinajstić information content (AvgIpc) is 2.81. The summed E-state index contributed by atoms with van der Waals surface area (Å²) in [5, 5.41) is 0. The quantitative estimate of drug-likeness (QED) is 0.854. The molecule has 1 aliphatic rings. The third-order valence-corrected chi connectivity index (χ3v) is 3.55. The Morgan fingerprint density at radius 2 is 2.20 bits per heavy atom. The van der Waals surface area contributed by atoms with Crippen LogP contribution in [0.15, 0.2) is 24.3 Å². The van der Waals surface area contributed by atoms with Crippen LogP contribution in [-0.4, -0.2) is 25.5 Å². The number of carbonyl (C=O) groups is 2. The van der Waals surface area contributed by atoms with E-state index in [1.807, 2.05) is 24.3 Å². The van der Waals surface area contributed by atoms with E-state index in [2.05, 4.69) is 24.2 Å². The molecule has 5 heteroatoms. The zero-order valence-electron chi connectivity index (χ0n) is 12.1. The van der Waals surface area contributed by atoms with Crippen LogP contribution in [0.4, 0.5) is 5.69 Å². The van der Waals surface area contributed by atoms with E-state index in [9.17, 15) is 9.59 Å². The third kappa shape index (κ3) is 2.99. The second-order valence-corrected chi connectivity index (χ2v) is 5.33. The van der Waals surface area contributed by atoms with Crippen LogP contribution >= 0.6 is 0 Å². The van der Waals surface area contributed by atoms with E-state index < -0.39 is 0 Å². The number of hydrogen-bond donors (Lipinski definition) is 1. The van der Waals surface area contributed by atoms with Crippen molar-refractivity contribution in [2.24, 2.45) is 5.92 Å². The fourth-order valence-corrected chi connectivity index (χ4v) is 2.37. The first-order valence-corrected chi connectivity index (χ1v) is 6.76. The average molecular weight is 276 g/mol. The zero-order chi connectivity index (χ0) is 14.7. The summed E-state index contributed by atoms with van der Waals surface area (Å²) in [7, 11) is 1.39. The van der Waals surface area contributed by atoms with Crippen LogP contribution < -0.4 is 10.4 Å². The smallest absolute Gasteiger partial charge is 0.248 e. The number of carbonyl (C=O) groups excluding carboxylic acids is 2. The number of nitrogens with zero attached hydrogens (tertiary/aromatic N) is 1. The van der Waals surface area contributed by atoms with Gasteiger partial charge in [0.2, 0.25) is 11.8 Å². The van der Waals surface area contributed by atoms with Gasteiger partial charge in [-0.05, 0) is 23.6 Å². The summed E-state index contributed by atoms with van der Waals surface area (Å²) in [5.74, 6) is -0.226. The molecule has 0 saturated carbocycles. The molecule has 0 spiro atoms. The maximum Gasteiger partial charge on any atom is 0.248 e. The monoisotopic (exact) mass is 276 g/mol. The highest BCUT2D eigenvalue weighted by atomic mass is 16.6. The highest BCUT2D eigenvalue weighted by Crippen LogP contribution is 2.27. The summed E-state index contributed by atoms with van der Waals surface area (Å²) < 4.78 is 0. The van der Waals surface area contributed by atoms with E-state index in [1.54, 1.807) is 4.90 Å². The molecule has 2 amide bonds. The Balaban J connectivity index is 2.15. The number of benzene rings is 1. The van der Waals surface area contributed by atoms with Crippen LogP contribution in [0.3, 0.4) is 0 Å². The van der Waals surface area contributed by atoms with Crippen LogP contribution in [-0.2, 0) is 14.4 Å². The molecule has 1 aromatic rings. The predicted molar refractivity (Wildman–Crippen MR) is 76.1 cm³/mol. The summed E-state index contributed by atoms with van der Waals surface area (Å²) >= 11 is 0. The van der Waals surface area contributed by atoms with Crippen LogP contribution in [0.2, 0.25) is 0 Å². The summed E-state index contributed by atoms with van der Waals surface area (Å²) in [4.78, 5) is 30.1. The van der Waals surface area contributed by atoms with Crippen molar-refractivity contribution in [3.8, 4) is 0 Å². The van der Waals surface area contributed by atoms with Gasteiger partial charge in [0, 0.05) is 18.7 Å². The van der Waals surface area contributed by atoms with Crippen LogP contribution in [0, 0.1) is 5.92 Å². The van der Waals surface area contributed by atoms with Crippen molar-refractivity contribution >= 4 is 17.5 Å². The highest BCUT2D eigenvalue weighted by molar-refractivity contribution is 6.00. The fourth-order valence-electron chi connectivity index (χ4n) is 2.37. The molecule has 0 aliphatic carbocycles. The Morgan fingerprint density at radius 1 is 1.45 bits per heavy atom. The molecule has 1 N–H and O–H groups in total. The van der Waals surface area contributed by atoms with Gasteiger partial charge in [0.1, 0.15) is 0 Å². The molecule has 1 saturated heterocycles. The lowest BCUT2D eigenvalue weighted by atomic mass is 10.0. The van der Waals surface area contributed by atoms with Gasteiger partial charge in [0.15, 0.2) is 0 Å². The lowest BCUT2D eigenvalue weighted by molar-refractivity contribution is -0.135. The van der Waals surface area contributed by atoms with Gasteiger partial charge < -0.3 is 4.90 Å². The van der Waals surface area contributed by atoms with Crippen molar-refractivity contribution in [2.75, 3.05) is 18.6 Å². The molecule has 1 heterocycles. The van der Waals surface area contributed by atoms with Gasteiger partial charge in [-0.2, -0.15) is 0 Å². The standard InChI is InChI=1S/C15H20N2O3/c1-10(2)11-5-4-6-13(7-11)17-9-12(8-14(17)18)15(19)16-20-3/h4-7,10,12H,8-9H2,1-3H3,(H,16,19). The van der Waals surface area contributed by atoms with Gasteiger partial charge in [-0.25, -0.2) is 5.48 Å². The second-order valence-electron chi connectivity index (χ2n) is 5.33. The largest absolute Gasteiger partial charge is 0.312 e. The summed E-state index contributed by atoms with van der Waals surface area (Å²) in [6.45, 7) is 4.62. The van der Waals surface area contributed by atoms with Gasteiger partial charge in [-0.3, -0.25) is 14.4 Å². The SMILES string of the molecule is CONC(=O)C1CC(=O)N(c2cccc(C(C)C)c2)C1. The molecular weight excluding hydrogens is 256 g/mol. The first-order chi connectivity index (χ1) is 9.52. The van der Waals surface area contributed by atoms with Gasteiger partial charge in [-0.1, -0.05) is 26.0 Å². The van der Waals surface area contributed by atoms with Gasteiger partial charge in [-0.15, -0.1) is 0 Å². The number of rotatable bonds is 4. The maximum absolute atomic E-state index is 12.1. The minimum Gasteiger partial charge on any atom is -0.312 e. The molecule has 1 unspecified atom stereocenters. The molecule has 2 rings (SSSR count). The number of hydrogen-bond acceptors (Lipinski definition) is 3. The van der Waals surface area contributed by atoms with E-state index >= 15 is 0 Å². The predicted octanol–water partition coefficient (Wildman–Crippen LogP) is 1.84. The second kappa shape index (κ2) is 6.05. The molecule has 1 aliphatic heterocycles. The molecule has 108 valence electrons.